The van der Waals surface area contributed by atoms with E-state index in [1.54, 1.807) is 0 Å². The summed E-state index contributed by atoms with van der Waals surface area (Å²) in [5, 5.41) is 8.75. The van der Waals surface area contributed by atoms with Crippen LogP contribution in [0.3, 0.4) is 0 Å². The van der Waals surface area contributed by atoms with E-state index in [-0.39, 0.29) is 0 Å². The number of hydrogen-bond donors (Lipinski definition) is 1. The van der Waals surface area contributed by atoms with Gasteiger partial charge in [-0.1, -0.05) is 109 Å². The highest BCUT2D eigenvalue weighted by Crippen LogP contribution is 2.36. The van der Waals surface area contributed by atoms with Gasteiger partial charge in [0, 0.05) is 22.5 Å². The normalized spacial score (nSPS) is 11.0. The van der Waals surface area contributed by atoms with Crippen molar-refractivity contribution in [3.8, 4) is 22.3 Å². The smallest absolute Gasteiger partial charge is 0.0464 e. The summed E-state index contributed by atoms with van der Waals surface area (Å²) in [5.74, 6) is 0. The van der Waals surface area contributed by atoms with Gasteiger partial charge in [-0.25, -0.2) is 0 Å². The highest BCUT2D eigenvalue weighted by atomic mass is 14.9. The number of fused-ring (bicyclic) bond motifs is 2. The molecule has 0 bridgehead atoms. The number of para-hydroxylation sites is 2. The second-order valence-electron chi connectivity index (χ2n) is 8.34. The van der Waals surface area contributed by atoms with Crippen LogP contribution in [0.1, 0.15) is 0 Å². The van der Waals surface area contributed by atoms with E-state index in [0.717, 1.165) is 11.4 Å². The Hall–Kier alpha value is -4.36. The summed E-state index contributed by atoms with van der Waals surface area (Å²) in [5.41, 5.74) is 7.00. The van der Waals surface area contributed by atoms with Gasteiger partial charge in [0.15, 0.2) is 0 Å². The van der Waals surface area contributed by atoms with Crippen LogP contribution >= 0.6 is 0 Å². The minimum atomic E-state index is 1.10. The van der Waals surface area contributed by atoms with E-state index in [1.807, 2.05) is 0 Å². The first-order chi connectivity index (χ1) is 16.3. The lowest BCUT2D eigenvalue weighted by atomic mass is 9.98. The molecule has 6 aromatic carbocycles. The van der Waals surface area contributed by atoms with Gasteiger partial charge >= 0.3 is 0 Å². The minimum absolute atomic E-state index is 1.10. The van der Waals surface area contributed by atoms with Crippen LogP contribution in [0.5, 0.6) is 0 Å². The van der Waals surface area contributed by atoms with Crippen molar-refractivity contribution in [1.82, 2.24) is 0 Å². The molecule has 0 aliphatic rings. The maximum Gasteiger partial charge on any atom is 0.0464 e. The Morgan fingerprint density at radius 3 is 1.21 bits per heavy atom. The van der Waals surface area contributed by atoms with Crippen LogP contribution in [-0.4, -0.2) is 0 Å². The number of benzene rings is 6. The van der Waals surface area contributed by atoms with E-state index in [4.69, 9.17) is 0 Å². The Morgan fingerprint density at radius 1 is 0.333 bits per heavy atom. The molecule has 0 heterocycles. The first-order valence-electron chi connectivity index (χ1n) is 11.3. The molecule has 6 rings (SSSR count). The van der Waals surface area contributed by atoms with Crippen LogP contribution in [0.2, 0.25) is 0 Å². The van der Waals surface area contributed by atoms with E-state index < -0.39 is 0 Å². The fraction of sp³-hybridized carbons (Fsp3) is 0. The number of anilines is 2. The van der Waals surface area contributed by atoms with Crippen molar-refractivity contribution in [2.45, 2.75) is 0 Å². The molecule has 33 heavy (non-hydrogen) atoms. The predicted molar refractivity (Wildman–Crippen MR) is 142 cm³/mol. The molecule has 0 amide bonds. The summed E-state index contributed by atoms with van der Waals surface area (Å²) >= 11 is 0. The fourth-order valence-electron chi connectivity index (χ4n) is 4.55. The Balaban J connectivity index is 1.42. The van der Waals surface area contributed by atoms with Gasteiger partial charge in [-0.05, 0) is 56.9 Å². The second kappa shape index (κ2) is 8.29. The third-order valence-electron chi connectivity index (χ3n) is 6.24. The molecule has 156 valence electrons. The fourth-order valence-corrected chi connectivity index (χ4v) is 4.55. The van der Waals surface area contributed by atoms with Crippen molar-refractivity contribution in [3.05, 3.63) is 133 Å². The van der Waals surface area contributed by atoms with Gasteiger partial charge in [0.1, 0.15) is 0 Å². The monoisotopic (exact) mass is 421 g/mol. The summed E-state index contributed by atoms with van der Waals surface area (Å²) in [4.78, 5) is 0. The average Bonchev–Trinajstić information content (AvgIpc) is 2.89. The SMILES string of the molecule is c1ccc(-c2ccc3ccccc3c2)c(Nc2ccccc2-c2ccc3ccccc3c2)c1. The minimum Gasteiger partial charge on any atom is -0.355 e. The Bertz CT molecular complexity index is 1470. The summed E-state index contributed by atoms with van der Waals surface area (Å²) in [6.45, 7) is 0. The first kappa shape index (κ1) is 19.3. The largest absolute Gasteiger partial charge is 0.355 e. The molecule has 0 radical (unpaired) electrons. The maximum atomic E-state index is 3.73. The summed E-state index contributed by atoms with van der Waals surface area (Å²) in [6, 6.07) is 47.4. The van der Waals surface area contributed by atoms with Crippen molar-refractivity contribution < 1.29 is 0 Å². The van der Waals surface area contributed by atoms with E-state index in [9.17, 15) is 0 Å². The third kappa shape index (κ3) is 3.75. The van der Waals surface area contributed by atoms with Gasteiger partial charge in [-0.3, -0.25) is 0 Å². The van der Waals surface area contributed by atoms with Crippen LogP contribution in [0.25, 0.3) is 43.8 Å². The van der Waals surface area contributed by atoms with Gasteiger partial charge in [-0.2, -0.15) is 0 Å². The van der Waals surface area contributed by atoms with Crippen LogP contribution in [-0.2, 0) is 0 Å². The van der Waals surface area contributed by atoms with Crippen molar-refractivity contribution in [2.24, 2.45) is 0 Å². The van der Waals surface area contributed by atoms with Crippen LogP contribution in [0.15, 0.2) is 133 Å². The lowest BCUT2D eigenvalue weighted by Crippen LogP contribution is -1.96. The second-order valence-corrected chi connectivity index (χ2v) is 8.34. The van der Waals surface area contributed by atoms with E-state index >= 15 is 0 Å². The highest BCUT2D eigenvalue weighted by Gasteiger charge is 2.10. The molecule has 0 aromatic heterocycles. The first-order valence-corrected chi connectivity index (χ1v) is 11.3. The zero-order valence-corrected chi connectivity index (χ0v) is 18.2. The van der Waals surface area contributed by atoms with Crippen molar-refractivity contribution in [2.75, 3.05) is 5.32 Å². The molecule has 0 spiro atoms. The average molecular weight is 422 g/mol. The highest BCUT2D eigenvalue weighted by molar-refractivity contribution is 5.93. The number of rotatable bonds is 4. The van der Waals surface area contributed by atoms with Gasteiger partial charge in [0.05, 0.1) is 0 Å². The van der Waals surface area contributed by atoms with Gasteiger partial charge in [-0.15, -0.1) is 0 Å². The molecule has 0 unspecified atom stereocenters. The zero-order chi connectivity index (χ0) is 22.0. The molecule has 0 saturated heterocycles. The van der Waals surface area contributed by atoms with Crippen LogP contribution in [0, 0.1) is 0 Å². The topological polar surface area (TPSA) is 12.0 Å². The lowest BCUT2D eigenvalue weighted by Gasteiger charge is -2.16. The van der Waals surface area contributed by atoms with Crippen LogP contribution < -0.4 is 5.32 Å². The van der Waals surface area contributed by atoms with Crippen LogP contribution in [0.4, 0.5) is 11.4 Å². The molecule has 0 atom stereocenters. The standard InChI is InChI=1S/C32H23N/c1-3-11-25-21-27(19-17-23(25)9-1)29-13-5-7-15-31(29)33-32-16-8-6-14-30(32)28-20-18-24-10-2-4-12-26(24)22-28/h1-22,33H. The zero-order valence-electron chi connectivity index (χ0n) is 18.2. The molecule has 1 heteroatoms. The van der Waals surface area contributed by atoms with Gasteiger partial charge in [0.2, 0.25) is 0 Å². The molecule has 0 aliphatic carbocycles. The Kier molecular flexibility index (Phi) is 4.86. The maximum absolute atomic E-state index is 3.73. The quantitative estimate of drug-likeness (QED) is 0.299. The van der Waals surface area contributed by atoms with Crippen molar-refractivity contribution >= 4 is 32.9 Å². The Labute approximate surface area is 194 Å². The van der Waals surface area contributed by atoms with Gasteiger partial charge in [0.25, 0.3) is 0 Å². The summed E-state index contributed by atoms with van der Waals surface area (Å²) in [6.07, 6.45) is 0. The summed E-state index contributed by atoms with van der Waals surface area (Å²) in [7, 11) is 0. The molecular formula is C32H23N. The van der Waals surface area contributed by atoms with E-state index in [0.29, 0.717) is 0 Å². The lowest BCUT2D eigenvalue weighted by molar-refractivity contribution is 1.53. The van der Waals surface area contributed by atoms with Crippen molar-refractivity contribution in [1.29, 1.82) is 0 Å². The predicted octanol–water partition coefficient (Wildman–Crippen LogP) is 9.07. The van der Waals surface area contributed by atoms with E-state index in [2.05, 4.69) is 139 Å². The molecule has 0 aliphatic heterocycles. The number of nitrogens with one attached hydrogen (secondary N) is 1. The third-order valence-corrected chi connectivity index (χ3v) is 6.24. The molecule has 6 aromatic rings. The van der Waals surface area contributed by atoms with Gasteiger partial charge < -0.3 is 5.32 Å². The molecular weight excluding hydrogens is 398 g/mol. The van der Waals surface area contributed by atoms with E-state index in [1.165, 1.54) is 43.8 Å². The van der Waals surface area contributed by atoms with Crippen molar-refractivity contribution in [3.63, 3.8) is 0 Å². The molecule has 0 fully saturated rings. The molecule has 1 nitrogen and oxygen atoms in total. The summed E-state index contributed by atoms with van der Waals surface area (Å²) < 4.78 is 0. The molecule has 1 N–H and O–H groups in total. The molecule has 0 saturated carbocycles. The Morgan fingerprint density at radius 2 is 0.727 bits per heavy atom. The number of hydrogen-bond acceptors (Lipinski definition) is 1.